The summed E-state index contributed by atoms with van der Waals surface area (Å²) in [5.41, 5.74) is 3.76. The zero-order chi connectivity index (χ0) is 16.5. The fourth-order valence-corrected chi connectivity index (χ4v) is 4.24. The Morgan fingerprint density at radius 2 is 1.48 bits per heavy atom. The lowest BCUT2D eigenvalue weighted by molar-refractivity contribution is 0.178. The molecule has 1 aromatic carbocycles. The summed E-state index contributed by atoms with van der Waals surface area (Å²) in [5, 5.41) is 0. The van der Waals surface area contributed by atoms with Gasteiger partial charge in [-0.2, -0.15) is 0 Å². The maximum Gasteiger partial charge on any atom is -0.0162 e. The summed E-state index contributed by atoms with van der Waals surface area (Å²) in [6.45, 7) is 7.13. The van der Waals surface area contributed by atoms with Crippen LogP contribution in [0.25, 0.3) is 0 Å². The Bertz CT molecular complexity index is 420. The lowest BCUT2D eigenvalue weighted by Crippen LogP contribution is -2.23. The minimum Gasteiger partial charge on any atom is -0.0654 e. The second kappa shape index (κ2) is 9.50. The summed E-state index contributed by atoms with van der Waals surface area (Å²) in [7, 11) is 0. The van der Waals surface area contributed by atoms with Crippen molar-refractivity contribution in [3.8, 4) is 0 Å². The third-order valence-electron chi connectivity index (χ3n) is 6.10. The molecule has 0 bridgehead atoms. The van der Waals surface area contributed by atoms with E-state index in [1.165, 1.54) is 82.6 Å². The van der Waals surface area contributed by atoms with Crippen LogP contribution in [0, 0.1) is 5.41 Å². The van der Waals surface area contributed by atoms with Crippen LogP contribution in [0.5, 0.6) is 0 Å². The SMILES string of the molecule is CCCCCc1ccc(C2CCC(C)(CCCCC)CC2)cc1. The molecule has 23 heavy (non-hydrogen) atoms. The molecular formula is C23H38. The average Bonchev–Trinajstić information content (AvgIpc) is 2.57. The van der Waals surface area contributed by atoms with Crippen LogP contribution in [0.4, 0.5) is 0 Å². The van der Waals surface area contributed by atoms with Crippen LogP contribution in [0.2, 0.25) is 0 Å². The predicted octanol–water partition coefficient (Wildman–Crippen LogP) is 7.66. The standard InChI is InChI=1S/C23H38/c1-4-6-8-10-20-11-13-21(14-12-20)22-15-18-23(3,19-16-22)17-9-7-5-2/h11-14,22H,4-10,15-19H2,1-3H3. The molecule has 0 N–H and O–H groups in total. The first-order valence-corrected chi connectivity index (χ1v) is 10.3. The maximum absolute atomic E-state index is 2.54. The van der Waals surface area contributed by atoms with Gasteiger partial charge in [-0.1, -0.05) is 77.1 Å². The van der Waals surface area contributed by atoms with Gasteiger partial charge in [-0.3, -0.25) is 0 Å². The monoisotopic (exact) mass is 314 g/mol. The lowest BCUT2D eigenvalue weighted by atomic mass is 9.68. The minimum absolute atomic E-state index is 0.631. The van der Waals surface area contributed by atoms with Gasteiger partial charge in [0.2, 0.25) is 0 Å². The maximum atomic E-state index is 2.54. The van der Waals surface area contributed by atoms with E-state index in [1.807, 2.05) is 0 Å². The summed E-state index contributed by atoms with van der Waals surface area (Å²) in [4.78, 5) is 0. The van der Waals surface area contributed by atoms with Crippen LogP contribution in [0.1, 0.15) is 108 Å². The molecule has 130 valence electrons. The smallest absolute Gasteiger partial charge is 0.0162 e. The molecule has 2 rings (SSSR count). The highest BCUT2D eigenvalue weighted by molar-refractivity contribution is 5.26. The summed E-state index contributed by atoms with van der Waals surface area (Å²) >= 11 is 0. The van der Waals surface area contributed by atoms with E-state index in [9.17, 15) is 0 Å². The van der Waals surface area contributed by atoms with Crippen LogP contribution >= 0.6 is 0 Å². The molecule has 0 amide bonds. The number of rotatable bonds is 9. The Labute approximate surface area is 145 Å². The van der Waals surface area contributed by atoms with Gasteiger partial charge in [0.15, 0.2) is 0 Å². The van der Waals surface area contributed by atoms with Crippen molar-refractivity contribution >= 4 is 0 Å². The van der Waals surface area contributed by atoms with Crippen LogP contribution in [0.15, 0.2) is 24.3 Å². The van der Waals surface area contributed by atoms with Crippen LogP contribution in [-0.4, -0.2) is 0 Å². The third kappa shape index (κ3) is 5.98. The highest BCUT2D eigenvalue weighted by atomic mass is 14.4. The molecule has 0 saturated heterocycles. The fourth-order valence-electron chi connectivity index (χ4n) is 4.24. The minimum atomic E-state index is 0.631. The summed E-state index contributed by atoms with van der Waals surface area (Å²) < 4.78 is 0. The molecule has 0 heteroatoms. The predicted molar refractivity (Wildman–Crippen MR) is 103 cm³/mol. The van der Waals surface area contributed by atoms with Crippen molar-refractivity contribution in [2.45, 2.75) is 104 Å². The average molecular weight is 315 g/mol. The van der Waals surface area contributed by atoms with Gasteiger partial charge in [-0.15, -0.1) is 0 Å². The Morgan fingerprint density at radius 1 is 0.870 bits per heavy atom. The number of hydrogen-bond donors (Lipinski definition) is 0. The van der Waals surface area contributed by atoms with Gasteiger partial charge < -0.3 is 0 Å². The van der Waals surface area contributed by atoms with E-state index < -0.39 is 0 Å². The number of hydrogen-bond acceptors (Lipinski definition) is 0. The molecule has 0 unspecified atom stereocenters. The van der Waals surface area contributed by atoms with E-state index in [2.05, 4.69) is 45.0 Å². The number of aryl methyl sites for hydroxylation is 1. The number of benzene rings is 1. The van der Waals surface area contributed by atoms with Crippen molar-refractivity contribution in [3.05, 3.63) is 35.4 Å². The first kappa shape index (κ1) is 18.6. The van der Waals surface area contributed by atoms with E-state index in [-0.39, 0.29) is 0 Å². The normalized spacial score (nSPS) is 24.7. The highest BCUT2D eigenvalue weighted by Crippen LogP contribution is 2.45. The zero-order valence-corrected chi connectivity index (χ0v) is 15.9. The van der Waals surface area contributed by atoms with E-state index in [0.29, 0.717) is 5.41 Å². The lowest BCUT2D eigenvalue weighted by Gasteiger charge is -2.38. The van der Waals surface area contributed by atoms with Gasteiger partial charge >= 0.3 is 0 Å². The zero-order valence-electron chi connectivity index (χ0n) is 15.9. The van der Waals surface area contributed by atoms with Gasteiger partial charge in [-0.05, 0) is 67.4 Å². The molecule has 0 atom stereocenters. The Kier molecular flexibility index (Phi) is 7.66. The first-order chi connectivity index (χ1) is 11.2. The number of unbranched alkanes of at least 4 members (excludes halogenated alkanes) is 4. The Hall–Kier alpha value is -0.780. The highest BCUT2D eigenvalue weighted by Gasteiger charge is 2.30. The Morgan fingerprint density at radius 3 is 2.09 bits per heavy atom. The molecule has 1 aliphatic rings. The van der Waals surface area contributed by atoms with Gasteiger partial charge in [0.25, 0.3) is 0 Å². The molecule has 1 saturated carbocycles. The summed E-state index contributed by atoms with van der Waals surface area (Å²) in [6, 6.07) is 9.62. The fraction of sp³-hybridized carbons (Fsp3) is 0.739. The molecule has 0 radical (unpaired) electrons. The van der Waals surface area contributed by atoms with Crippen molar-refractivity contribution in [2.75, 3.05) is 0 Å². The molecule has 1 fully saturated rings. The second-order valence-electron chi connectivity index (χ2n) is 8.24. The van der Waals surface area contributed by atoms with Crippen molar-refractivity contribution in [2.24, 2.45) is 5.41 Å². The van der Waals surface area contributed by atoms with Crippen LogP contribution in [-0.2, 0) is 6.42 Å². The Balaban J connectivity index is 1.80. The van der Waals surface area contributed by atoms with E-state index in [4.69, 9.17) is 0 Å². The topological polar surface area (TPSA) is 0 Å². The molecule has 0 aliphatic heterocycles. The summed E-state index contributed by atoms with van der Waals surface area (Å²) in [5.74, 6) is 0.818. The van der Waals surface area contributed by atoms with Crippen LogP contribution < -0.4 is 0 Å². The van der Waals surface area contributed by atoms with Crippen molar-refractivity contribution < 1.29 is 0 Å². The van der Waals surface area contributed by atoms with E-state index in [0.717, 1.165) is 5.92 Å². The third-order valence-corrected chi connectivity index (χ3v) is 6.10. The molecular weight excluding hydrogens is 276 g/mol. The first-order valence-electron chi connectivity index (χ1n) is 10.3. The van der Waals surface area contributed by atoms with E-state index in [1.54, 1.807) is 5.56 Å². The molecule has 0 heterocycles. The molecule has 0 nitrogen and oxygen atoms in total. The molecule has 1 aromatic rings. The largest absolute Gasteiger partial charge is 0.0654 e. The van der Waals surface area contributed by atoms with Crippen molar-refractivity contribution in [3.63, 3.8) is 0 Å². The van der Waals surface area contributed by atoms with E-state index >= 15 is 0 Å². The second-order valence-corrected chi connectivity index (χ2v) is 8.24. The molecule has 0 spiro atoms. The van der Waals surface area contributed by atoms with Gasteiger partial charge in [-0.25, -0.2) is 0 Å². The molecule has 0 aromatic heterocycles. The van der Waals surface area contributed by atoms with Gasteiger partial charge in [0.05, 0.1) is 0 Å². The quantitative estimate of drug-likeness (QED) is 0.410. The van der Waals surface area contributed by atoms with Crippen molar-refractivity contribution in [1.29, 1.82) is 0 Å². The van der Waals surface area contributed by atoms with Gasteiger partial charge in [0, 0.05) is 0 Å². The van der Waals surface area contributed by atoms with Crippen LogP contribution in [0.3, 0.4) is 0 Å². The van der Waals surface area contributed by atoms with Gasteiger partial charge in [0.1, 0.15) is 0 Å². The van der Waals surface area contributed by atoms with Crippen molar-refractivity contribution in [1.82, 2.24) is 0 Å². The summed E-state index contributed by atoms with van der Waals surface area (Å²) in [6.07, 6.45) is 16.6. The molecule has 1 aliphatic carbocycles.